The molecular formula is C24H24FIN2O3. The van der Waals surface area contributed by atoms with Crippen molar-refractivity contribution in [2.45, 2.75) is 51.1 Å². The van der Waals surface area contributed by atoms with Crippen molar-refractivity contribution in [2.24, 2.45) is 5.92 Å². The Balaban J connectivity index is 1.62. The van der Waals surface area contributed by atoms with Gasteiger partial charge >= 0.3 is 0 Å². The molecule has 1 atom stereocenters. The first-order chi connectivity index (χ1) is 14.9. The lowest BCUT2D eigenvalue weighted by Gasteiger charge is -2.32. The van der Waals surface area contributed by atoms with Crippen LogP contribution in [0, 0.1) is 15.3 Å². The molecule has 4 rings (SSSR count). The maximum atomic E-state index is 13.5. The van der Waals surface area contributed by atoms with Gasteiger partial charge in [-0.05, 0) is 77.4 Å². The van der Waals surface area contributed by atoms with E-state index in [4.69, 9.17) is 0 Å². The highest BCUT2D eigenvalue weighted by Gasteiger charge is 2.45. The SMILES string of the molecule is O=C1CC(N(Cc2ccc(F)cc2)C(=O)C2CCCCC2)C(=O)N1c1ccc(I)cc1. The van der Waals surface area contributed by atoms with Crippen LogP contribution in [-0.2, 0) is 20.9 Å². The van der Waals surface area contributed by atoms with E-state index in [1.165, 1.54) is 17.0 Å². The number of carbonyl (C=O) groups is 3. The van der Waals surface area contributed by atoms with E-state index in [1.807, 2.05) is 12.1 Å². The van der Waals surface area contributed by atoms with Crippen molar-refractivity contribution in [1.82, 2.24) is 4.90 Å². The van der Waals surface area contributed by atoms with Gasteiger partial charge in [-0.3, -0.25) is 14.4 Å². The summed E-state index contributed by atoms with van der Waals surface area (Å²) in [5, 5.41) is 0. The Morgan fingerprint density at radius 3 is 2.29 bits per heavy atom. The van der Waals surface area contributed by atoms with Gasteiger partial charge < -0.3 is 4.90 Å². The number of rotatable bonds is 5. The average Bonchev–Trinajstić information content (AvgIpc) is 3.08. The van der Waals surface area contributed by atoms with Crippen LogP contribution < -0.4 is 4.90 Å². The number of nitrogens with zero attached hydrogens (tertiary/aromatic N) is 2. The smallest absolute Gasteiger partial charge is 0.257 e. The second-order valence-corrected chi connectivity index (χ2v) is 9.44. The van der Waals surface area contributed by atoms with E-state index in [0.29, 0.717) is 5.69 Å². The molecule has 1 aliphatic heterocycles. The Morgan fingerprint density at radius 2 is 1.65 bits per heavy atom. The zero-order valence-corrected chi connectivity index (χ0v) is 19.3. The minimum atomic E-state index is -0.841. The molecule has 1 unspecified atom stereocenters. The fourth-order valence-corrected chi connectivity index (χ4v) is 4.79. The predicted octanol–water partition coefficient (Wildman–Crippen LogP) is 4.67. The molecule has 0 radical (unpaired) electrons. The molecule has 1 heterocycles. The molecule has 0 aromatic heterocycles. The molecule has 5 nitrogen and oxygen atoms in total. The second kappa shape index (κ2) is 9.46. The Kier molecular flexibility index (Phi) is 6.69. The topological polar surface area (TPSA) is 57.7 Å². The van der Waals surface area contributed by atoms with Crippen LogP contribution >= 0.6 is 22.6 Å². The molecule has 0 N–H and O–H groups in total. The maximum absolute atomic E-state index is 13.5. The van der Waals surface area contributed by atoms with Crippen molar-refractivity contribution in [3.63, 3.8) is 0 Å². The minimum Gasteiger partial charge on any atom is -0.326 e. The molecule has 2 fully saturated rings. The summed E-state index contributed by atoms with van der Waals surface area (Å²) in [6.45, 7) is 0.180. The van der Waals surface area contributed by atoms with Gasteiger partial charge in [0.2, 0.25) is 11.8 Å². The highest BCUT2D eigenvalue weighted by atomic mass is 127. The lowest BCUT2D eigenvalue weighted by Crippen LogP contribution is -2.47. The first-order valence-corrected chi connectivity index (χ1v) is 11.7. The summed E-state index contributed by atoms with van der Waals surface area (Å²) in [5.41, 5.74) is 1.25. The Bertz CT molecular complexity index is 971. The summed E-state index contributed by atoms with van der Waals surface area (Å²) in [6, 6.07) is 12.3. The first-order valence-electron chi connectivity index (χ1n) is 10.6. The number of anilines is 1. The number of hydrogen-bond acceptors (Lipinski definition) is 3. The minimum absolute atomic E-state index is 0.0372. The van der Waals surface area contributed by atoms with E-state index in [-0.39, 0.29) is 42.4 Å². The van der Waals surface area contributed by atoms with Crippen molar-refractivity contribution in [1.29, 1.82) is 0 Å². The number of imide groups is 1. The molecule has 31 heavy (non-hydrogen) atoms. The zero-order valence-electron chi connectivity index (χ0n) is 17.1. The Morgan fingerprint density at radius 1 is 1.00 bits per heavy atom. The summed E-state index contributed by atoms with van der Waals surface area (Å²) in [5.74, 6) is -1.26. The monoisotopic (exact) mass is 534 g/mol. The van der Waals surface area contributed by atoms with Gasteiger partial charge in [-0.2, -0.15) is 0 Å². The van der Waals surface area contributed by atoms with Crippen LogP contribution in [0.5, 0.6) is 0 Å². The summed E-state index contributed by atoms with van der Waals surface area (Å²) < 4.78 is 14.4. The van der Waals surface area contributed by atoms with Gasteiger partial charge in [-0.1, -0.05) is 31.4 Å². The van der Waals surface area contributed by atoms with Gasteiger partial charge in [-0.25, -0.2) is 9.29 Å². The maximum Gasteiger partial charge on any atom is 0.257 e. The van der Waals surface area contributed by atoms with E-state index in [0.717, 1.165) is 41.2 Å². The number of benzene rings is 2. The van der Waals surface area contributed by atoms with E-state index in [2.05, 4.69) is 22.6 Å². The standard InChI is InChI=1S/C24H24FIN2O3/c25-18-8-6-16(7-9-18)15-27(23(30)17-4-2-1-3-5-17)21-14-22(29)28(24(21)31)20-12-10-19(26)11-13-20/h6-13,17,21H,1-5,14-15H2. The fraction of sp³-hybridized carbons (Fsp3) is 0.375. The predicted molar refractivity (Wildman–Crippen MR) is 124 cm³/mol. The highest BCUT2D eigenvalue weighted by Crippen LogP contribution is 2.31. The largest absolute Gasteiger partial charge is 0.326 e. The Labute approximate surface area is 194 Å². The van der Waals surface area contributed by atoms with Crippen LogP contribution in [0.1, 0.15) is 44.1 Å². The molecule has 2 aromatic carbocycles. The van der Waals surface area contributed by atoms with E-state index in [9.17, 15) is 18.8 Å². The number of carbonyl (C=O) groups excluding carboxylic acids is 3. The molecule has 2 aromatic rings. The molecule has 1 aliphatic carbocycles. The third-order valence-corrected chi connectivity index (χ3v) is 6.81. The number of halogens is 2. The van der Waals surface area contributed by atoms with Crippen molar-refractivity contribution >= 4 is 46.0 Å². The van der Waals surface area contributed by atoms with Crippen LogP contribution in [0.25, 0.3) is 0 Å². The molecule has 162 valence electrons. The molecule has 3 amide bonds. The van der Waals surface area contributed by atoms with Crippen LogP contribution in [0.15, 0.2) is 48.5 Å². The first kappa shape index (κ1) is 21.9. The lowest BCUT2D eigenvalue weighted by molar-refractivity contribution is -0.143. The summed E-state index contributed by atoms with van der Waals surface area (Å²) in [7, 11) is 0. The summed E-state index contributed by atoms with van der Waals surface area (Å²) in [6.07, 6.45) is 4.66. The fourth-order valence-electron chi connectivity index (χ4n) is 4.43. The summed E-state index contributed by atoms with van der Waals surface area (Å²) in [4.78, 5) is 42.3. The molecule has 1 saturated carbocycles. The third-order valence-electron chi connectivity index (χ3n) is 6.09. The molecule has 7 heteroatoms. The quantitative estimate of drug-likeness (QED) is 0.414. The van der Waals surface area contributed by atoms with Crippen LogP contribution in [0.2, 0.25) is 0 Å². The van der Waals surface area contributed by atoms with Gasteiger partial charge in [0.05, 0.1) is 12.1 Å². The van der Waals surface area contributed by atoms with Crippen molar-refractivity contribution in [3.05, 3.63) is 63.5 Å². The van der Waals surface area contributed by atoms with E-state index < -0.39 is 6.04 Å². The van der Waals surface area contributed by atoms with Gasteiger partial charge in [0.1, 0.15) is 11.9 Å². The normalized spacial score (nSPS) is 19.7. The van der Waals surface area contributed by atoms with Gasteiger partial charge in [0, 0.05) is 16.0 Å². The van der Waals surface area contributed by atoms with Gasteiger partial charge in [0.25, 0.3) is 5.91 Å². The second-order valence-electron chi connectivity index (χ2n) is 8.19. The van der Waals surface area contributed by atoms with Crippen molar-refractivity contribution < 1.29 is 18.8 Å². The average molecular weight is 534 g/mol. The molecule has 1 saturated heterocycles. The van der Waals surface area contributed by atoms with Crippen LogP contribution in [0.4, 0.5) is 10.1 Å². The van der Waals surface area contributed by atoms with Crippen LogP contribution in [-0.4, -0.2) is 28.7 Å². The highest BCUT2D eigenvalue weighted by molar-refractivity contribution is 14.1. The third kappa shape index (κ3) is 4.81. The van der Waals surface area contributed by atoms with Crippen molar-refractivity contribution in [3.8, 4) is 0 Å². The number of hydrogen-bond donors (Lipinski definition) is 0. The number of amides is 3. The van der Waals surface area contributed by atoms with Gasteiger partial charge in [0.15, 0.2) is 0 Å². The Hall–Kier alpha value is -2.29. The molecule has 0 bridgehead atoms. The lowest BCUT2D eigenvalue weighted by atomic mass is 9.87. The molecular weight excluding hydrogens is 510 g/mol. The summed E-state index contributed by atoms with van der Waals surface area (Å²) >= 11 is 2.16. The zero-order chi connectivity index (χ0) is 22.0. The van der Waals surface area contributed by atoms with Crippen LogP contribution in [0.3, 0.4) is 0 Å². The van der Waals surface area contributed by atoms with E-state index >= 15 is 0 Å². The van der Waals surface area contributed by atoms with Gasteiger partial charge in [-0.15, -0.1) is 0 Å². The molecule has 0 spiro atoms. The molecule has 2 aliphatic rings. The van der Waals surface area contributed by atoms with E-state index in [1.54, 1.807) is 29.2 Å². The van der Waals surface area contributed by atoms with Crippen molar-refractivity contribution in [2.75, 3.05) is 4.90 Å².